The van der Waals surface area contributed by atoms with Gasteiger partial charge in [0.05, 0.1) is 22.3 Å². The fraction of sp³-hybridized carbons (Fsp3) is 0.0704. The molecule has 1 unspecified atom stereocenters. The van der Waals surface area contributed by atoms with Crippen molar-refractivity contribution in [3.05, 3.63) is 288 Å². The molecule has 0 bridgehead atoms. The molecule has 0 amide bonds. The third-order valence-electron chi connectivity index (χ3n) is 16.8. The number of aryl methyl sites for hydroxylation is 1. The Balaban J connectivity index is 0.989. The van der Waals surface area contributed by atoms with Crippen molar-refractivity contribution in [2.24, 2.45) is 7.05 Å². The summed E-state index contributed by atoms with van der Waals surface area (Å²) in [6, 6.07) is 95.3. The van der Waals surface area contributed by atoms with Gasteiger partial charge in [-0.3, -0.25) is 0 Å². The van der Waals surface area contributed by atoms with Crippen molar-refractivity contribution in [1.82, 2.24) is 4.57 Å². The third-order valence-corrected chi connectivity index (χ3v) is 16.8. The lowest BCUT2D eigenvalue weighted by Gasteiger charge is -2.34. The Morgan fingerprint density at radius 1 is 0.311 bits per heavy atom. The Kier molecular flexibility index (Phi) is 9.14. The smallest absolute Gasteiger partial charge is 0.0733 e. The number of aromatic nitrogens is 1. The number of para-hydroxylation sites is 4. The molecule has 3 heteroatoms. The van der Waals surface area contributed by atoms with Gasteiger partial charge in [0.1, 0.15) is 0 Å². The van der Waals surface area contributed by atoms with Crippen molar-refractivity contribution in [2.45, 2.75) is 24.7 Å². The number of fused-ring (bicyclic) bond motifs is 16. The molecule has 3 aliphatic carbocycles. The Hall–Kier alpha value is -9.18. The Morgan fingerprint density at radius 3 is 1.38 bits per heavy atom. The van der Waals surface area contributed by atoms with E-state index in [-0.39, 0.29) is 5.41 Å². The first-order valence-corrected chi connectivity index (χ1v) is 25.9. The van der Waals surface area contributed by atoms with E-state index in [1.165, 1.54) is 99.7 Å². The standard InChI is InChI=1S/C71H51N3/c1-70(2)60-31-15-10-26-52(60)55-40-37-48(43-63(55)70)74(67-35-19-13-25-51(67)46-21-6-4-7-22-46)50-39-42-57-54-28-12-17-33-62(54)71(65(57)45-50)61-32-16-11-27-53(61)56-41-38-49(44-64(56)71)73(47-23-8-5-9-24-47)68-36-20-30-59-58-29-14-18-34-66(58)72(3)69(59)68/h4-45H,1-3H3. The quantitative estimate of drug-likeness (QED) is 0.158. The zero-order valence-electron chi connectivity index (χ0n) is 41.6. The van der Waals surface area contributed by atoms with Crippen LogP contribution in [-0.4, -0.2) is 4.57 Å². The molecule has 1 heterocycles. The van der Waals surface area contributed by atoms with Crippen LogP contribution in [0.1, 0.15) is 47.2 Å². The summed E-state index contributed by atoms with van der Waals surface area (Å²) < 4.78 is 2.37. The molecule has 12 aromatic rings. The van der Waals surface area contributed by atoms with Gasteiger partial charge in [0.2, 0.25) is 0 Å². The predicted octanol–water partition coefficient (Wildman–Crippen LogP) is 18.6. The maximum Gasteiger partial charge on any atom is 0.0733 e. The van der Waals surface area contributed by atoms with Gasteiger partial charge in [-0.15, -0.1) is 0 Å². The summed E-state index contributed by atoms with van der Waals surface area (Å²) in [6.07, 6.45) is 0. The maximum absolute atomic E-state index is 2.54. The van der Waals surface area contributed by atoms with Crippen LogP contribution in [0, 0.1) is 0 Å². The van der Waals surface area contributed by atoms with E-state index in [0.717, 1.165) is 34.1 Å². The van der Waals surface area contributed by atoms with Gasteiger partial charge >= 0.3 is 0 Å². The summed E-state index contributed by atoms with van der Waals surface area (Å²) in [4.78, 5) is 5.00. The highest BCUT2D eigenvalue weighted by molar-refractivity contribution is 6.13. The Morgan fingerprint density at radius 2 is 0.743 bits per heavy atom. The van der Waals surface area contributed by atoms with Crippen molar-refractivity contribution in [1.29, 1.82) is 0 Å². The lowest BCUT2D eigenvalue weighted by Crippen LogP contribution is -2.26. The van der Waals surface area contributed by atoms with Gasteiger partial charge in [-0.25, -0.2) is 0 Å². The van der Waals surface area contributed by atoms with E-state index < -0.39 is 5.41 Å². The van der Waals surface area contributed by atoms with Crippen molar-refractivity contribution in [3.8, 4) is 44.5 Å². The van der Waals surface area contributed by atoms with E-state index in [2.05, 4.69) is 290 Å². The van der Waals surface area contributed by atoms with Crippen LogP contribution in [0.25, 0.3) is 66.3 Å². The number of rotatable bonds is 7. The van der Waals surface area contributed by atoms with Gasteiger partial charge in [0.15, 0.2) is 0 Å². The van der Waals surface area contributed by atoms with Gasteiger partial charge in [-0.2, -0.15) is 0 Å². The molecule has 0 aliphatic heterocycles. The van der Waals surface area contributed by atoms with Crippen LogP contribution in [0.5, 0.6) is 0 Å². The summed E-state index contributed by atoms with van der Waals surface area (Å²) in [7, 11) is 2.21. The average Bonchev–Trinajstić information content (AvgIpc) is 4.24. The van der Waals surface area contributed by atoms with Gasteiger partial charge in [-0.05, 0) is 139 Å². The molecule has 0 saturated heterocycles. The highest BCUT2D eigenvalue weighted by atomic mass is 15.2. The minimum Gasteiger partial charge on any atom is -0.342 e. The van der Waals surface area contributed by atoms with Gasteiger partial charge in [0, 0.05) is 57.1 Å². The molecule has 0 saturated carbocycles. The second-order valence-corrected chi connectivity index (χ2v) is 20.8. The minimum absolute atomic E-state index is 0.169. The van der Waals surface area contributed by atoms with Crippen molar-refractivity contribution >= 4 is 55.9 Å². The summed E-state index contributed by atoms with van der Waals surface area (Å²) in [5.74, 6) is 0. The van der Waals surface area contributed by atoms with E-state index in [4.69, 9.17) is 0 Å². The molecule has 74 heavy (non-hydrogen) atoms. The summed E-state index contributed by atoms with van der Waals surface area (Å²) in [5.41, 5.74) is 26.4. The highest BCUT2D eigenvalue weighted by Crippen LogP contribution is 2.64. The first-order chi connectivity index (χ1) is 36.4. The molecule has 0 radical (unpaired) electrons. The fourth-order valence-corrected chi connectivity index (χ4v) is 13.6. The molecule has 0 fully saturated rings. The topological polar surface area (TPSA) is 11.4 Å². The number of hydrogen-bond donors (Lipinski definition) is 0. The fourth-order valence-electron chi connectivity index (χ4n) is 13.6. The number of nitrogens with zero attached hydrogens (tertiary/aromatic N) is 3. The first kappa shape index (κ1) is 42.5. The lowest BCUT2D eigenvalue weighted by molar-refractivity contribution is 0.660. The van der Waals surface area contributed by atoms with Crippen LogP contribution in [0.4, 0.5) is 34.1 Å². The van der Waals surface area contributed by atoms with E-state index in [0.29, 0.717) is 0 Å². The summed E-state index contributed by atoms with van der Waals surface area (Å²) >= 11 is 0. The molecule has 0 N–H and O–H groups in total. The highest BCUT2D eigenvalue weighted by Gasteiger charge is 2.52. The Labute approximate surface area is 432 Å². The van der Waals surface area contributed by atoms with Crippen LogP contribution >= 0.6 is 0 Å². The van der Waals surface area contributed by atoms with Crippen molar-refractivity contribution in [3.63, 3.8) is 0 Å². The molecule has 350 valence electrons. The number of benzene rings is 11. The maximum atomic E-state index is 2.54. The zero-order chi connectivity index (χ0) is 49.3. The molecular weight excluding hydrogens is 895 g/mol. The van der Waals surface area contributed by atoms with Gasteiger partial charge < -0.3 is 14.4 Å². The van der Waals surface area contributed by atoms with Crippen LogP contribution < -0.4 is 9.80 Å². The SMILES string of the molecule is Cn1c2ccccc2c2cccc(N(c3ccccc3)c3ccc4c(c3)C3(c5ccccc5-c5ccc(N(c6ccc7c(c6)C(C)(C)c6ccccc6-7)c6ccccc6-c6ccccc6)cc53)c3ccccc3-4)c21. The summed E-state index contributed by atoms with van der Waals surface area (Å²) in [6.45, 7) is 4.76. The van der Waals surface area contributed by atoms with Crippen molar-refractivity contribution in [2.75, 3.05) is 9.80 Å². The van der Waals surface area contributed by atoms with Crippen molar-refractivity contribution < 1.29 is 0 Å². The van der Waals surface area contributed by atoms with Crippen LogP contribution in [0.15, 0.2) is 255 Å². The molecule has 11 aromatic carbocycles. The normalized spacial score (nSPS) is 15.1. The summed E-state index contributed by atoms with van der Waals surface area (Å²) in [5, 5.41) is 2.50. The van der Waals surface area contributed by atoms with Crippen LogP contribution in [-0.2, 0) is 17.9 Å². The zero-order valence-corrected chi connectivity index (χ0v) is 41.6. The molecule has 3 aliphatic rings. The lowest BCUT2D eigenvalue weighted by atomic mass is 9.70. The first-order valence-electron chi connectivity index (χ1n) is 25.9. The van der Waals surface area contributed by atoms with E-state index in [1.54, 1.807) is 0 Å². The molecule has 1 atom stereocenters. The predicted molar refractivity (Wildman–Crippen MR) is 309 cm³/mol. The monoisotopic (exact) mass is 945 g/mol. The van der Waals surface area contributed by atoms with Gasteiger partial charge in [-0.1, -0.05) is 202 Å². The Bertz CT molecular complexity index is 4240. The largest absolute Gasteiger partial charge is 0.342 e. The molecule has 1 spiro atoms. The average molecular weight is 946 g/mol. The molecular formula is C71H51N3. The molecule has 15 rings (SSSR count). The second kappa shape index (κ2) is 15.9. The molecule has 3 nitrogen and oxygen atoms in total. The van der Waals surface area contributed by atoms with Gasteiger partial charge in [0.25, 0.3) is 0 Å². The molecule has 1 aromatic heterocycles. The van der Waals surface area contributed by atoms with Crippen LogP contribution in [0.2, 0.25) is 0 Å². The van der Waals surface area contributed by atoms with E-state index >= 15 is 0 Å². The van der Waals surface area contributed by atoms with E-state index in [1.807, 2.05) is 0 Å². The second-order valence-electron chi connectivity index (χ2n) is 20.8. The number of anilines is 6. The third kappa shape index (κ3) is 5.84. The van der Waals surface area contributed by atoms with Crippen LogP contribution in [0.3, 0.4) is 0 Å². The minimum atomic E-state index is -0.621. The van der Waals surface area contributed by atoms with E-state index in [9.17, 15) is 0 Å². The number of hydrogen-bond acceptors (Lipinski definition) is 2.